The van der Waals surface area contributed by atoms with Crippen LogP contribution in [0.3, 0.4) is 0 Å². The third kappa shape index (κ3) is 5.47. The quantitative estimate of drug-likeness (QED) is 0.717. The lowest BCUT2D eigenvalue weighted by Crippen LogP contribution is -2.56. The molecule has 2 saturated heterocycles. The van der Waals surface area contributed by atoms with Gasteiger partial charge in [0.05, 0.1) is 30.7 Å². The van der Waals surface area contributed by atoms with Gasteiger partial charge in [0.25, 0.3) is 0 Å². The molecule has 9 heteroatoms. The second-order valence-corrected chi connectivity index (χ2v) is 10.1. The van der Waals surface area contributed by atoms with E-state index in [1.807, 2.05) is 30.3 Å². The van der Waals surface area contributed by atoms with Crippen LogP contribution in [0.15, 0.2) is 30.3 Å². The number of hydrogen-bond acceptors (Lipinski definition) is 7. The highest BCUT2D eigenvalue weighted by Gasteiger charge is 2.51. The van der Waals surface area contributed by atoms with Crippen molar-refractivity contribution in [3.8, 4) is 0 Å². The van der Waals surface area contributed by atoms with Crippen LogP contribution in [0.25, 0.3) is 0 Å². The summed E-state index contributed by atoms with van der Waals surface area (Å²) in [6, 6.07) is 8.21. The van der Waals surface area contributed by atoms with E-state index in [1.54, 1.807) is 34.6 Å². The molecule has 0 spiro atoms. The van der Waals surface area contributed by atoms with Crippen LogP contribution in [0.2, 0.25) is 0 Å². The van der Waals surface area contributed by atoms with Crippen molar-refractivity contribution in [1.82, 2.24) is 9.80 Å². The molecule has 2 fully saturated rings. The molecule has 182 valence electrons. The maximum atomic E-state index is 13.3. The van der Waals surface area contributed by atoms with Gasteiger partial charge in [0, 0.05) is 0 Å². The van der Waals surface area contributed by atoms with E-state index >= 15 is 0 Å². The lowest BCUT2D eigenvalue weighted by molar-refractivity contribution is -0.138. The van der Waals surface area contributed by atoms with Crippen molar-refractivity contribution in [2.24, 2.45) is 5.92 Å². The number of cyclic esters (lactones) is 1. The Balaban J connectivity index is 1.77. The Morgan fingerprint density at radius 1 is 1.21 bits per heavy atom. The van der Waals surface area contributed by atoms with E-state index in [0.717, 1.165) is 10.5 Å². The van der Waals surface area contributed by atoms with Gasteiger partial charge in [0.2, 0.25) is 5.91 Å². The van der Waals surface area contributed by atoms with Crippen LogP contribution < -0.4 is 0 Å². The summed E-state index contributed by atoms with van der Waals surface area (Å²) in [4.78, 5) is 41.0. The molecule has 0 radical (unpaired) electrons. The fourth-order valence-electron chi connectivity index (χ4n) is 4.22. The highest BCUT2D eigenvalue weighted by Crippen LogP contribution is 2.33. The Morgan fingerprint density at radius 3 is 2.45 bits per heavy atom. The molecule has 2 unspecified atom stereocenters. The molecule has 4 atom stereocenters. The highest BCUT2D eigenvalue weighted by molar-refractivity contribution is 5.95. The lowest BCUT2D eigenvalue weighted by atomic mass is 9.94. The minimum atomic E-state index is -1.28. The first-order valence-corrected chi connectivity index (χ1v) is 11.2. The van der Waals surface area contributed by atoms with Crippen LogP contribution in [-0.2, 0) is 25.4 Å². The molecule has 0 bridgehead atoms. The summed E-state index contributed by atoms with van der Waals surface area (Å²) in [6.07, 6.45) is -2.20. The zero-order valence-electron chi connectivity index (χ0n) is 20.1. The van der Waals surface area contributed by atoms with E-state index in [0.29, 0.717) is 6.42 Å². The number of ether oxygens (including phenoxy) is 3. The summed E-state index contributed by atoms with van der Waals surface area (Å²) in [5.41, 5.74) is -0.802. The van der Waals surface area contributed by atoms with Gasteiger partial charge in [0.15, 0.2) is 0 Å². The first kappa shape index (κ1) is 25.0. The minimum absolute atomic E-state index is 0.0307. The third-order valence-electron chi connectivity index (χ3n) is 5.92. The maximum absolute atomic E-state index is 13.3. The molecule has 2 heterocycles. The molecular weight excluding hydrogens is 428 g/mol. The Hall–Kier alpha value is -2.65. The standard InChI is InChI=1S/C24H34N2O7/c1-15(19(27)18-14-32-24(5,6)26(18)22(30)33-23(2,3)4)20(28)25-17(13-31-21(25)29)12-16-10-8-7-9-11-16/h7-11,15,17-19,27H,12-14H2,1-6H3/t15-,17?,18?,19-/m1/s1. The van der Waals surface area contributed by atoms with E-state index in [9.17, 15) is 19.5 Å². The number of imide groups is 1. The summed E-state index contributed by atoms with van der Waals surface area (Å²) in [5.74, 6) is -1.54. The zero-order chi connectivity index (χ0) is 24.6. The van der Waals surface area contributed by atoms with Crippen molar-refractivity contribution in [2.75, 3.05) is 13.2 Å². The molecule has 9 nitrogen and oxygen atoms in total. The average molecular weight is 463 g/mol. The van der Waals surface area contributed by atoms with Gasteiger partial charge in [-0.25, -0.2) is 14.5 Å². The molecule has 3 rings (SSSR count). The molecule has 2 aliphatic rings. The van der Waals surface area contributed by atoms with Gasteiger partial charge in [-0.1, -0.05) is 37.3 Å². The van der Waals surface area contributed by atoms with E-state index in [2.05, 4.69) is 0 Å². The number of nitrogens with zero attached hydrogens (tertiary/aromatic N) is 2. The number of carbonyl (C=O) groups excluding carboxylic acids is 3. The minimum Gasteiger partial charge on any atom is -0.447 e. The molecule has 0 aromatic heterocycles. The summed E-state index contributed by atoms with van der Waals surface area (Å²) < 4.78 is 16.4. The van der Waals surface area contributed by atoms with E-state index in [4.69, 9.17) is 14.2 Å². The fraction of sp³-hybridized carbons (Fsp3) is 0.625. The Bertz CT molecular complexity index is 881. The SMILES string of the molecule is C[C@@H](C(=O)N1C(=O)OCC1Cc1ccccc1)[C@@H](O)C1COC(C)(C)N1C(=O)OC(C)(C)C. The van der Waals surface area contributed by atoms with Crippen molar-refractivity contribution in [1.29, 1.82) is 0 Å². The Kier molecular flexibility index (Phi) is 7.04. The van der Waals surface area contributed by atoms with Crippen LogP contribution in [0.1, 0.15) is 47.1 Å². The second kappa shape index (κ2) is 9.30. The average Bonchev–Trinajstić information content (AvgIpc) is 3.24. The predicted molar refractivity (Wildman–Crippen MR) is 119 cm³/mol. The Labute approximate surface area is 194 Å². The summed E-state index contributed by atoms with van der Waals surface area (Å²) in [6.45, 7) is 10.3. The zero-order valence-corrected chi connectivity index (χ0v) is 20.1. The largest absolute Gasteiger partial charge is 0.447 e. The molecule has 1 aromatic rings. The maximum Gasteiger partial charge on any atom is 0.416 e. The van der Waals surface area contributed by atoms with E-state index < -0.39 is 53.5 Å². The monoisotopic (exact) mass is 462 g/mol. The number of carbonyl (C=O) groups is 3. The van der Waals surface area contributed by atoms with E-state index in [1.165, 1.54) is 11.8 Å². The topological polar surface area (TPSA) is 106 Å². The first-order chi connectivity index (χ1) is 15.3. The second-order valence-electron chi connectivity index (χ2n) is 10.1. The van der Waals surface area contributed by atoms with Crippen LogP contribution in [-0.4, -0.2) is 75.7 Å². The number of rotatable bonds is 5. The third-order valence-corrected chi connectivity index (χ3v) is 5.92. The summed E-state index contributed by atoms with van der Waals surface area (Å²) in [7, 11) is 0. The molecule has 3 amide bonds. The molecule has 1 aromatic carbocycles. The van der Waals surface area contributed by atoms with Gasteiger partial charge >= 0.3 is 12.2 Å². The first-order valence-electron chi connectivity index (χ1n) is 11.2. The number of aliphatic hydroxyl groups excluding tert-OH is 1. The van der Waals surface area contributed by atoms with Crippen LogP contribution >= 0.6 is 0 Å². The van der Waals surface area contributed by atoms with Crippen molar-refractivity contribution >= 4 is 18.1 Å². The number of hydrogen-bond donors (Lipinski definition) is 1. The predicted octanol–water partition coefficient (Wildman–Crippen LogP) is 2.95. The molecule has 33 heavy (non-hydrogen) atoms. The molecule has 0 saturated carbocycles. The lowest BCUT2D eigenvalue weighted by Gasteiger charge is -2.37. The number of benzene rings is 1. The van der Waals surface area contributed by atoms with Crippen molar-refractivity contribution in [3.63, 3.8) is 0 Å². The molecule has 0 aliphatic carbocycles. The highest BCUT2D eigenvalue weighted by atomic mass is 16.6. The van der Waals surface area contributed by atoms with Gasteiger partial charge in [-0.3, -0.25) is 9.69 Å². The van der Waals surface area contributed by atoms with Gasteiger partial charge in [0.1, 0.15) is 17.9 Å². The van der Waals surface area contributed by atoms with Gasteiger partial charge < -0.3 is 19.3 Å². The normalized spacial score (nSPS) is 24.4. The number of amides is 3. The molecular formula is C24H34N2O7. The molecule has 2 aliphatic heterocycles. The van der Waals surface area contributed by atoms with Crippen LogP contribution in [0, 0.1) is 5.92 Å². The van der Waals surface area contributed by atoms with Gasteiger partial charge in [-0.05, 0) is 46.6 Å². The smallest absolute Gasteiger partial charge is 0.416 e. The Morgan fingerprint density at radius 2 is 1.85 bits per heavy atom. The summed E-state index contributed by atoms with van der Waals surface area (Å²) >= 11 is 0. The number of aliphatic hydroxyl groups is 1. The van der Waals surface area contributed by atoms with Crippen molar-refractivity contribution in [2.45, 2.75) is 77.5 Å². The molecule has 1 N–H and O–H groups in total. The van der Waals surface area contributed by atoms with Gasteiger partial charge in [-0.2, -0.15) is 0 Å². The van der Waals surface area contributed by atoms with Crippen molar-refractivity contribution in [3.05, 3.63) is 35.9 Å². The summed E-state index contributed by atoms with van der Waals surface area (Å²) in [5, 5.41) is 11.1. The van der Waals surface area contributed by atoms with Gasteiger partial charge in [-0.15, -0.1) is 0 Å². The fourth-order valence-corrected chi connectivity index (χ4v) is 4.22. The van der Waals surface area contributed by atoms with E-state index in [-0.39, 0.29) is 13.2 Å². The van der Waals surface area contributed by atoms with Crippen molar-refractivity contribution < 1.29 is 33.7 Å². The van der Waals surface area contributed by atoms with Crippen LogP contribution in [0.5, 0.6) is 0 Å². The van der Waals surface area contributed by atoms with Crippen LogP contribution in [0.4, 0.5) is 9.59 Å².